The first kappa shape index (κ1) is 25.6. The summed E-state index contributed by atoms with van der Waals surface area (Å²) in [6, 6.07) is 11.0. The molecule has 0 radical (unpaired) electrons. The van der Waals surface area contributed by atoms with Crippen molar-refractivity contribution in [2.75, 3.05) is 23.9 Å². The van der Waals surface area contributed by atoms with Crippen LogP contribution >= 0.6 is 11.6 Å². The number of halogens is 2. The average molecular weight is 520 g/mol. The van der Waals surface area contributed by atoms with Crippen LogP contribution in [-0.4, -0.2) is 42.8 Å². The highest BCUT2D eigenvalue weighted by Crippen LogP contribution is 2.39. The molecule has 35 heavy (non-hydrogen) atoms. The lowest BCUT2D eigenvalue weighted by Crippen LogP contribution is -2.33. The lowest BCUT2D eigenvalue weighted by Gasteiger charge is -2.27. The van der Waals surface area contributed by atoms with Crippen molar-refractivity contribution in [3.8, 4) is 11.4 Å². The molecule has 1 atom stereocenters. The number of sulfonamides is 1. The summed E-state index contributed by atoms with van der Waals surface area (Å²) in [6.45, 7) is 7.86. The predicted molar refractivity (Wildman–Crippen MR) is 137 cm³/mol. The summed E-state index contributed by atoms with van der Waals surface area (Å²) in [5.41, 5.74) is 0.650. The summed E-state index contributed by atoms with van der Waals surface area (Å²) in [5, 5.41) is 12.2. The molecule has 3 aromatic rings. The third kappa shape index (κ3) is 5.08. The Labute approximate surface area is 211 Å². The topological polar surface area (TPSA) is 80.1 Å². The molecule has 2 heterocycles. The zero-order valence-electron chi connectivity index (χ0n) is 20.2. The first-order valence-electron chi connectivity index (χ1n) is 12.0. The lowest BCUT2D eigenvalue weighted by molar-refractivity contribution is 0.514. The number of nitrogens with zero attached hydrogens (tertiary/aromatic N) is 4. The van der Waals surface area contributed by atoms with Crippen LogP contribution in [0.2, 0.25) is 5.02 Å². The third-order valence-electron chi connectivity index (χ3n) is 6.23. The van der Waals surface area contributed by atoms with Crippen molar-refractivity contribution in [3.05, 3.63) is 59.1 Å². The highest BCUT2D eigenvalue weighted by molar-refractivity contribution is 7.92. The highest BCUT2D eigenvalue weighted by Gasteiger charge is 2.32. The third-order valence-corrected chi connectivity index (χ3v) is 8.35. The Bertz CT molecular complexity index is 1270. The Balaban J connectivity index is 1.95. The van der Waals surface area contributed by atoms with Crippen molar-refractivity contribution in [2.24, 2.45) is 0 Å². The molecular formula is C25H31ClFN5O2S. The Morgan fingerprint density at radius 3 is 2.60 bits per heavy atom. The van der Waals surface area contributed by atoms with Gasteiger partial charge in [-0.2, -0.15) is 0 Å². The second-order valence-electron chi connectivity index (χ2n) is 9.08. The van der Waals surface area contributed by atoms with E-state index < -0.39 is 15.8 Å². The van der Waals surface area contributed by atoms with E-state index in [0.29, 0.717) is 17.8 Å². The van der Waals surface area contributed by atoms with Gasteiger partial charge in [-0.05, 0) is 37.6 Å². The molecule has 1 aliphatic rings. The van der Waals surface area contributed by atoms with Crippen LogP contribution < -0.4 is 9.62 Å². The maximum Gasteiger partial charge on any atom is 0.264 e. The molecule has 188 valence electrons. The second-order valence-corrected chi connectivity index (χ2v) is 11.3. The van der Waals surface area contributed by atoms with E-state index in [1.54, 1.807) is 30.3 Å². The summed E-state index contributed by atoms with van der Waals surface area (Å²) >= 11 is 6.24. The van der Waals surface area contributed by atoms with Gasteiger partial charge in [-0.3, -0.25) is 4.31 Å². The minimum Gasteiger partial charge on any atom is -0.315 e. The van der Waals surface area contributed by atoms with E-state index >= 15 is 0 Å². The fraction of sp³-hybridized carbons (Fsp3) is 0.440. The molecule has 0 spiro atoms. The molecule has 1 aliphatic heterocycles. The fourth-order valence-electron chi connectivity index (χ4n) is 4.41. The summed E-state index contributed by atoms with van der Waals surface area (Å²) in [6.07, 6.45) is 2.26. The quantitative estimate of drug-likeness (QED) is 0.410. The molecule has 7 nitrogen and oxygen atoms in total. The number of nitrogens with one attached hydrogen (secondary N) is 1. The van der Waals surface area contributed by atoms with Crippen LogP contribution in [0.4, 0.5) is 10.1 Å². The maximum atomic E-state index is 14.9. The van der Waals surface area contributed by atoms with Gasteiger partial charge in [0.15, 0.2) is 5.82 Å². The summed E-state index contributed by atoms with van der Waals surface area (Å²) in [7, 11) is -3.97. The number of unbranched alkanes of at least 4 members (excludes halogenated alkanes) is 1. The van der Waals surface area contributed by atoms with Gasteiger partial charge in [0, 0.05) is 30.6 Å². The van der Waals surface area contributed by atoms with E-state index in [9.17, 15) is 12.8 Å². The molecule has 0 aliphatic carbocycles. The standard InChI is InChI=1S/C25H31ClFN5O2S/c1-4-5-13-31(35(33,34)19-9-7-6-8-10-19)23-15-22(27)21(26)14-20(23)25-30-29-24(17(2)3)32(25)18-11-12-28-16-18/h6-10,14-15,17-18,28H,4-5,11-13,16H2,1-3H3. The number of rotatable bonds is 9. The van der Waals surface area contributed by atoms with Gasteiger partial charge >= 0.3 is 0 Å². The van der Waals surface area contributed by atoms with Crippen molar-refractivity contribution in [2.45, 2.75) is 56.9 Å². The van der Waals surface area contributed by atoms with E-state index in [1.165, 1.54) is 16.4 Å². The van der Waals surface area contributed by atoms with Gasteiger partial charge in [0.2, 0.25) is 0 Å². The van der Waals surface area contributed by atoms with Crippen molar-refractivity contribution in [1.29, 1.82) is 0 Å². The van der Waals surface area contributed by atoms with Crippen molar-refractivity contribution in [3.63, 3.8) is 0 Å². The van der Waals surface area contributed by atoms with Crippen molar-refractivity contribution < 1.29 is 12.8 Å². The molecule has 10 heteroatoms. The SMILES string of the molecule is CCCCN(c1cc(F)c(Cl)cc1-c1nnc(C(C)C)n1C1CCNC1)S(=O)(=O)c1ccccc1. The minimum atomic E-state index is -3.97. The first-order valence-corrected chi connectivity index (χ1v) is 13.8. The summed E-state index contributed by atoms with van der Waals surface area (Å²) < 4.78 is 45.8. The van der Waals surface area contributed by atoms with Gasteiger partial charge in [-0.1, -0.05) is 57.0 Å². The van der Waals surface area contributed by atoms with Crippen LogP contribution in [0.5, 0.6) is 0 Å². The Morgan fingerprint density at radius 1 is 1.23 bits per heavy atom. The number of benzene rings is 2. The van der Waals surface area contributed by atoms with Crippen molar-refractivity contribution >= 4 is 27.3 Å². The number of hydrogen-bond donors (Lipinski definition) is 1. The first-order chi connectivity index (χ1) is 16.8. The van der Waals surface area contributed by atoms with Gasteiger partial charge in [0.1, 0.15) is 11.6 Å². The van der Waals surface area contributed by atoms with Crippen LogP contribution in [-0.2, 0) is 10.0 Å². The molecule has 0 saturated carbocycles. The Kier molecular flexibility index (Phi) is 7.78. The number of aromatic nitrogens is 3. The van der Waals surface area contributed by atoms with Gasteiger partial charge in [-0.15, -0.1) is 10.2 Å². The predicted octanol–water partition coefficient (Wildman–Crippen LogP) is 5.39. The molecule has 1 saturated heterocycles. The van der Waals surface area contributed by atoms with Gasteiger partial charge in [0.05, 0.1) is 21.6 Å². The average Bonchev–Trinajstić information content (AvgIpc) is 3.51. The Morgan fingerprint density at radius 2 is 1.97 bits per heavy atom. The van der Waals surface area contributed by atoms with Gasteiger partial charge in [0.25, 0.3) is 10.0 Å². The zero-order chi connectivity index (χ0) is 25.2. The molecule has 4 rings (SSSR count). The highest BCUT2D eigenvalue weighted by atomic mass is 35.5. The van der Waals surface area contributed by atoms with Crippen LogP contribution in [0, 0.1) is 5.82 Å². The number of hydrogen-bond acceptors (Lipinski definition) is 5. The van der Waals surface area contributed by atoms with Gasteiger partial charge in [-0.25, -0.2) is 12.8 Å². The smallest absolute Gasteiger partial charge is 0.264 e. The van der Waals surface area contributed by atoms with Crippen LogP contribution in [0.25, 0.3) is 11.4 Å². The molecule has 1 unspecified atom stereocenters. The van der Waals surface area contributed by atoms with Crippen molar-refractivity contribution in [1.82, 2.24) is 20.1 Å². The summed E-state index contributed by atoms with van der Waals surface area (Å²) in [5.74, 6) is 0.698. The maximum absolute atomic E-state index is 14.9. The van der Waals surface area contributed by atoms with Crippen LogP contribution in [0.15, 0.2) is 47.4 Å². The Hall–Kier alpha value is -2.49. The van der Waals surface area contributed by atoms with Gasteiger partial charge < -0.3 is 9.88 Å². The monoisotopic (exact) mass is 519 g/mol. The molecular weight excluding hydrogens is 489 g/mol. The molecule has 1 fully saturated rings. The second kappa shape index (κ2) is 10.6. The molecule has 2 aromatic carbocycles. The molecule has 0 bridgehead atoms. The largest absolute Gasteiger partial charge is 0.315 e. The normalized spacial score (nSPS) is 16.2. The summed E-state index contributed by atoms with van der Waals surface area (Å²) in [4.78, 5) is 0.141. The van der Waals surface area contributed by atoms with Crippen LogP contribution in [0.3, 0.4) is 0 Å². The number of anilines is 1. The lowest BCUT2D eigenvalue weighted by atomic mass is 10.1. The molecule has 1 N–H and O–H groups in total. The minimum absolute atomic E-state index is 0.0958. The van der Waals surface area contributed by atoms with E-state index in [2.05, 4.69) is 20.1 Å². The van der Waals surface area contributed by atoms with Crippen LogP contribution in [0.1, 0.15) is 57.8 Å². The molecule has 0 amide bonds. The van der Waals surface area contributed by atoms with E-state index in [1.807, 2.05) is 20.8 Å². The fourth-order valence-corrected chi connectivity index (χ4v) is 6.11. The van der Waals surface area contributed by atoms with E-state index in [4.69, 9.17) is 11.6 Å². The molecule has 1 aromatic heterocycles. The van der Waals surface area contributed by atoms with E-state index in [0.717, 1.165) is 31.8 Å². The van der Waals surface area contributed by atoms with E-state index in [-0.39, 0.29) is 34.1 Å². The zero-order valence-corrected chi connectivity index (χ0v) is 21.8.